The summed E-state index contributed by atoms with van der Waals surface area (Å²) in [6, 6.07) is 0. The number of alkyl halides is 8. The minimum atomic E-state index is -3.06. The van der Waals surface area contributed by atoms with E-state index < -0.39 is 113 Å². The van der Waals surface area contributed by atoms with Gasteiger partial charge in [0.25, 0.3) is 23.7 Å². The fraction of sp³-hybridized carbons (Fsp3) is 0.900. The van der Waals surface area contributed by atoms with E-state index in [9.17, 15) is 79.2 Å². The van der Waals surface area contributed by atoms with Gasteiger partial charge in [0.15, 0.2) is 26.4 Å². The van der Waals surface area contributed by atoms with Gasteiger partial charge < -0.3 is 34.3 Å². The van der Waals surface area contributed by atoms with Crippen LogP contribution in [0.4, 0.5) is 35.1 Å². The molecule has 0 aromatic rings. The van der Waals surface area contributed by atoms with Crippen LogP contribution in [0.15, 0.2) is 0 Å². The van der Waals surface area contributed by atoms with Crippen molar-refractivity contribution in [2.24, 2.45) is 99.6 Å². The fourth-order valence-corrected chi connectivity index (χ4v) is 19.2. The summed E-state index contributed by atoms with van der Waals surface area (Å²) in [6.07, 6.45) is 13.6. The minimum Gasteiger partial charge on any atom is -0.459 e. The second kappa shape index (κ2) is 21.8. The molecule has 0 aromatic carbocycles. The number of carbonyl (C=O) groups excluding carboxylic acids is 6. The highest BCUT2D eigenvalue weighted by molar-refractivity contribution is 5.91. The SMILES string of the molecule is CC(C)CC1(O)C2CC3CC(C2)C(C(=O)OCC(C)(F)F)C1C3.CC(F)(F)COC(=O)C12CC3CC(C1)C(=O)C(C3)C2.CC(F)(F)COC(=O)C12CC3CC(O)(CC(O)(C3)C1)C2.CC(F)(F)COC(=O)C1C2CC3CC(C2)C(=O)C1C3. The Morgan fingerprint density at radius 1 is 0.494 bits per heavy atom. The third kappa shape index (κ3) is 13.5. The van der Waals surface area contributed by atoms with E-state index in [-0.39, 0.29) is 84.1 Å². The van der Waals surface area contributed by atoms with E-state index >= 15 is 0 Å². The molecule has 81 heavy (non-hydrogen) atoms. The van der Waals surface area contributed by atoms with Gasteiger partial charge in [0.2, 0.25) is 0 Å². The van der Waals surface area contributed by atoms with E-state index in [0.717, 1.165) is 85.0 Å². The molecule has 16 aliphatic carbocycles. The number of aliphatic hydroxyl groups is 3. The molecular formula is C60H84F8O13. The monoisotopic (exact) mass is 1160 g/mol. The minimum absolute atomic E-state index is 0.0408. The molecule has 15 atom stereocenters. The zero-order valence-corrected chi connectivity index (χ0v) is 47.6. The lowest BCUT2D eigenvalue weighted by molar-refractivity contribution is -0.239. The van der Waals surface area contributed by atoms with Crippen molar-refractivity contribution in [2.45, 2.75) is 210 Å². The Bertz CT molecular complexity index is 2380. The van der Waals surface area contributed by atoms with Crippen molar-refractivity contribution in [3.63, 3.8) is 0 Å². The third-order valence-corrected chi connectivity index (χ3v) is 20.9. The lowest BCUT2D eigenvalue weighted by Crippen LogP contribution is -2.65. The largest absolute Gasteiger partial charge is 0.459 e. The Labute approximate surface area is 468 Å². The van der Waals surface area contributed by atoms with Gasteiger partial charge in [-0.3, -0.25) is 28.8 Å². The quantitative estimate of drug-likeness (QED) is 0.0844. The maximum atomic E-state index is 13.0. The number of hydrogen-bond donors (Lipinski definition) is 3. The maximum Gasteiger partial charge on any atom is 0.312 e. The molecule has 0 aromatic heterocycles. The highest BCUT2D eigenvalue weighted by Gasteiger charge is 2.67. The van der Waals surface area contributed by atoms with Gasteiger partial charge in [-0.15, -0.1) is 0 Å². The van der Waals surface area contributed by atoms with Crippen LogP contribution in [-0.2, 0) is 47.7 Å². The van der Waals surface area contributed by atoms with Crippen LogP contribution >= 0.6 is 0 Å². The van der Waals surface area contributed by atoms with E-state index in [4.69, 9.17) is 18.9 Å². The molecule has 0 radical (unpaired) electrons. The zero-order chi connectivity index (χ0) is 59.4. The summed E-state index contributed by atoms with van der Waals surface area (Å²) in [7, 11) is 0. The third-order valence-electron chi connectivity index (χ3n) is 20.9. The summed E-state index contributed by atoms with van der Waals surface area (Å²) >= 11 is 0. The van der Waals surface area contributed by atoms with Crippen LogP contribution in [0.5, 0.6) is 0 Å². The number of hydrogen-bond acceptors (Lipinski definition) is 13. The van der Waals surface area contributed by atoms with Crippen LogP contribution in [0.3, 0.4) is 0 Å². The van der Waals surface area contributed by atoms with Gasteiger partial charge in [0.05, 0.1) is 39.5 Å². The van der Waals surface area contributed by atoms with Crippen molar-refractivity contribution in [1.29, 1.82) is 0 Å². The molecular weight excluding hydrogens is 1080 g/mol. The number of rotatable bonds is 14. The van der Waals surface area contributed by atoms with Crippen molar-refractivity contribution in [3.05, 3.63) is 0 Å². The molecule has 0 heterocycles. The van der Waals surface area contributed by atoms with Gasteiger partial charge in [0.1, 0.15) is 11.6 Å². The van der Waals surface area contributed by atoms with Gasteiger partial charge in [-0.1, -0.05) is 13.8 Å². The molecule has 15 unspecified atom stereocenters. The van der Waals surface area contributed by atoms with Crippen LogP contribution in [0.1, 0.15) is 170 Å². The summed E-state index contributed by atoms with van der Waals surface area (Å²) in [4.78, 5) is 73.1. The number of esters is 4. The second-order valence-corrected chi connectivity index (χ2v) is 29.2. The summed E-state index contributed by atoms with van der Waals surface area (Å²) < 4.78 is 122. The van der Waals surface area contributed by atoms with Gasteiger partial charge in [-0.25, -0.2) is 35.1 Å². The molecule has 21 heteroatoms. The van der Waals surface area contributed by atoms with Gasteiger partial charge in [0, 0.05) is 63.7 Å². The Morgan fingerprint density at radius 3 is 1.46 bits per heavy atom. The first-order valence-corrected chi connectivity index (χ1v) is 29.7. The predicted molar refractivity (Wildman–Crippen MR) is 272 cm³/mol. The average molecular weight is 1170 g/mol. The number of ketones is 2. The van der Waals surface area contributed by atoms with Crippen LogP contribution in [0, 0.1) is 99.6 Å². The Kier molecular flexibility index (Phi) is 16.7. The lowest BCUT2D eigenvalue weighted by Gasteiger charge is -2.62. The summed E-state index contributed by atoms with van der Waals surface area (Å²) in [5, 5.41) is 32.3. The van der Waals surface area contributed by atoms with E-state index in [2.05, 4.69) is 13.8 Å². The van der Waals surface area contributed by atoms with Crippen LogP contribution in [0.2, 0.25) is 0 Å². The molecule has 16 aliphatic rings. The second-order valence-electron chi connectivity index (χ2n) is 29.2. The summed E-state index contributed by atoms with van der Waals surface area (Å²) in [6.45, 7) is 3.51. The van der Waals surface area contributed by atoms with Gasteiger partial charge in [-0.05, 0) is 169 Å². The summed E-state index contributed by atoms with van der Waals surface area (Å²) in [5.41, 5.74) is -4.59. The first kappa shape index (κ1) is 62.1. The molecule has 16 fully saturated rings. The zero-order valence-electron chi connectivity index (χ0n) is 47.6. The van der Waals surface area contributed by atoms with Gasteiger partial charge in [-0.2, -0.15) is 0 Å². The molecule has 0 saturated heterocycles. The normalized spacial score (nSPS) is 42.5. The maximum absolute atomic E-state index is 13.0. The molecule has 16 saturated carbocycles. The van der Waals surface area contributed by atoms with E-state index in [1.807, 2.05) is 0 Å². The van der Waals surface area contributed by atoms with Crippen molar-refractivity contribution in [1.82, 2.24) is 0 Å². The number of Topliss-reactive ketones (excluding diaryl/α,β-unsaturated/α-hetero) is 2. The topological polar surface area (TPSA) is 200 Å². The van der Waals surface area contributed by atoms with Crippen LogP contribution in [-0.4, -0.2) is 118 Å². The molecule has 0 amide bonds. The predicted octanol–water partition coefficient (Wildman–Crippen LogP) is 10.3. The Hall–Kier alpha value is -3.46. The number of ether oxygens (including phenoxy) is 4. The first-order chi connectivity index (χ1) is 37.3. The molecule has 3 N–H and O–H groups in total. The number of carbonyl (C=O) groups is 6. The van der Waals surface area contributed by atoms with Crippen LogP contribution < -0.4 is 0 Å². The smallest absolute Gasteiger partial charge is 0.312 e. The van der Waals surface area contributed by atoms with E-state index in [0.29, 0.717) is 75.5 Å². The molecule has 0 aliphatic heterocycles. The van der Waals surface area contributed by atoms with E-state index in [1.54, 1.807) is 0 Å². The fourth-order valence-electron chi connectivity index (χ4n) is 19.2. The number of halogens is 8. The van der Waals surface area contributed by atoms with Crippen molar-refractivity contribution in [2.75, 3.05) is 26.4 Å². The average Bonchev–Trinajstić information content (AvgIpc) is 3.48. The lowest BCUT2D eigenvalue weighted by atomic mass is 9.45. The molecule has 0 spiro atoms. The highest BCUT2D eigenvalue weighted by Crippen LogP contribution is 2.65. The van der Waals surface area contributed by atoms with Crippen molar-refractivity contribution >= 4 is 35.4 Å². The van der Waals surface area contributed by atoms with Crippen LogP contribution in [0.25, 0.3) is 0 Å². The van der Waals surface area contributed by atoms with E-state index in [1.165, 1.54) is 0 Å². The van der Waals surface area contributed by atoms with Crippen molar-refractivity contribution < 1.29 is 98.2 Å². The molecule has 13 nitrogen and oxygen atoms in total. The first-order valence-electron chi connectivity index (χ1n) is 29.7. The Morgan fingerprint density at radius 2 is 0.951 bits per heavy atom. The highest BCUT2D eigenvalue weighted by atomic mass is 19.3. The van der Waals surface area contributed by atoms with Gasteiger partial charge >= 0.3 is 23.9 Å². The standard InChI is InChI=1S/C18H28F2O3.C14H20F2O4.2C14H18F2O3/c1-10(2)8-18(22)13-5-11-4-12(7-13)15(14(18)6-11)16(21)23-9-17(3,19)20;1-11(15,16)8-20-10(17)12-2-9-3-13(18,5-12)7-14(19,4-9)6-12;1-13(15,16)7-19-12(18)14-4-8-2-9(5-14)11(17)10(3-8)6-14;1-14(15,16)6-19-13(18)11-8-2-7-3-9(5-8)12(17)10(11)4-7/h10-15,22H,4-9H2,1-3H3;9,18-19H,2-8H2,1H3;8-10H,2-7H2,1H3;7-11H,2-6H2,1H3. The Balaban J connectivity index is 0.000000131. The molecule has 16 rings (SSSR count). The molecule has 458 valence electrons. The molecule has 16 bridgehead atoms. The summed E-state index contributed by atoms with van der Waals surface area (Å²) in [5.74, 6) is -12.7. The van der Waals surface area contributed by atoms with Crippen molar-refractivity contribution in [3.8, 4) is 0 Å².